The second kappa shape index (κ2) is 5.29. The summed E-state index contributed by atoms with van der Waals surface area (Å²) in [7, 11) is 1.41. The molecule has 3 rings (SSSR count). The highest BCUT2D eigenvalue weighted by atomic mass is 32.1. The van der Waals surface area contributed by atoms with Gasteiger partial charge in [-0.2, -0.15) is 9.61 Å². The van der Waals surface area contributed by atoms with Crippen LogP contribution in [0.1, 0.15) is 12.1 Å². The Morgan fingerprint density at radius 3 is 3.25 bits per heavy atom. The predicted molar refractivity (Wildman–Crippen MR) is 72.5 cm³/mol. The van der Waals surface area contributed by atoms with Crippen LogP contribution in [-0.2, 0) is 16.1 Å². The molecule has 0 aliphatic carbocycles. The molecule has 1 fully saturated rings. The van der Waals surface area contributed by atoms with Crippen LogP contribution in [0.2, 0.25) is 0 Å². The van der Waals surface area contributed by atoms with Gasteiger partial charge < -0.3 is 4.74 Å². The van der Waals surface area contributed by atoms with Crippen LogP contribution in [0.25, 0.3) is 4.96 Å². The first kappa shape index (κ1) is 13.2. The summed E-state index contributed by atoms with van der Waals surface area (Å²) >= 11 is 1.33. The number of fused-ring (bicyclic) bond motifs is 1. The third-order valence-corrected chi connectivity index (χ3v) is 4.11. The van der Waals surface area contributed by atoms with Gasteiger partial charge in [-0.1, -0.05) is 11.3 Å². The molecule has 0 bridgehead atoms. The minimum absolute atomic E-state index is 0.0757. The lowest BCUT2D eigenvalue weighted by Crippen LogP contribution is -2.25. The quantitative estimate of drug-likeness (QED) is 0.750. The normalized spacial score (nSPS) is 19.6. The van der Waals surface area contributed by atoms with Gasteiger partial charge in [0.25, 0.3) is 5.56 Å². The summed E-state index contributed by atoms with van der Waals surface area (Å²) in [6.45, 7) is 2.02. The summed E-state index contributed by atoms with van der Waals surface area (Å²) in [6.07, 6.45) is 0.786. The maximum Gasteiger partial charge on any atom is 0.310 e. The Bertz CT molecular complexity index is 695. The molecular weight excluding hydrogens is 280 g/mol. The molecule has 0 saturated carbocycles. The fraction of sp³-hybridized carbons (Fsp3) is 0.500. The molecule has 0 amide bonds. The maximum atomic E-state index is 11.8. The number of likely N-dealkylation sites (tertiary alicyclic amines) is 1. The second-order valence-electron chi connectivity index (χ2n) is 4.76. The topological polar surface area (TPSA) is 76.8 Å². The fourth-order valence-corrected chi connectivity index (χ4v) is 3.09. The van der Waals surface area contributed by atoms with Crippen LogP contribution < -0.4 is 5.56 Å². The molecule has 1 saturated heterocycles. The minimum atomic E-state index is -0.171. The van der Waals surface area contributed by atoms with Gasteiger partial charge in [0, 0.05) is 19.2 Å². The average molecular weight is 294 g/mol. The third kappa shape index (κ3) is 2.44. The lowest BCUT2D eigenvalue weighted by molar-refractivity contribution is -0.144. The average Bonchev–Trinajstić information content (AvgIpc) is 3.07. The highest BCUT2D eigenvalue weighted by molar-refractivity contribution is 7.14. The van der Waals surface area contributed by atoms with Crippen molar-refractivity contribution in [1.29, 1.82) is 0 Å². The van der Waals surface area contributed by atoms with Crippen LogP contribution in [0.15, 0.2) is 16.4 Å². The van der Waals surface area contributed by atoms with Crippen molar-refractivity contribution in [1.82, 2.24) is 19.5 Å². The number of aromatic nitrogens is 3. The van der Waals surface area contributed by atoms with Crippen molar-refractivity contribution >= 4 is 22.3 Å². The lowest BCUT2D eigenvalue weighted by atomic mass is 10.1. The second-order valence-corrected chi connectivity index (χ2v) is 5.57. The molecule has 106 valence electrons. The summed E-state index contributed by atoms with van der Waals surface area (Å²) in [5, 5.41) is 3.92. The third-order valence-electron chi connectivity index (χ3n) is 3.43. The molecule has 2 aromatic rings. The number of nitrogens with zero attached hydrogens (tertiary/aromatic N) is 4. The number of rotatable bonds is 3. The van der Waals surface area contributed by atoms with E-state index in [0.717, 1.165) is 13.0 Å². The molecule has 1 aliphatic rings. The van der Waals surface area contributed by atoms with Gasteiger partial charge in [-0.15, -0.1) is 0 Å². The summed E-state index contributed by atoms with van der Waals surface area (Å²) in [5.41, 5.74) is 2.14. The molecule has 1 aliphatic heterocycles. The monoisotopic (exact) mass is 294 g/mol. The zero-order valence-corrected chi connectivity index (χ0v) is 11.8. The summed E-state index contributed by atoms with van der Waals surface area (Å²) < 4.78 is 6.04. The van der Waals surface area contributed by atoms with E-state index in [-0.39, 0.29) is 17.4 Å². The van der Waals surface area contributed by atoms with Crippen molar-refractivity contribution in [2.75, 3.05) is 20.2 Å². The standard InChI is InChI=1S/C12H14N4O3S/c1-19-11(18)8-2-3-15(5-8)6-9-4-10(17)16-12(14-9)20-7-13-16/h4,7-8H,2-3,5-6H2,1H3. The van der Waals surface area contributed by atoms with E-state index < -0.39 is 0 Å². The van der Waals surface area contributed by atoms with Crippen LogP contribution in [0.4, 0.5) is 0 Å². The number of methoxy groups -OCH3 is 1. The molecule has 2 aromatic heterocycles. The maximum absolute atomic E-state index is 11.8. The molecule has 0 spiro atoms. The van der Waals surface area contributed by atoms with Crippen LogP contribution in [0.5, 0.6) is 0 Å². The molecule has 1 unspecified atom stereocenters. The summed E-state index contributed by atoms with van der Waals surface area (Å²) in [6, 6.07) is 1.50. The van der Waals surface area contributed by atoms with Gasteiger partial charge in [0.05, 0.1) is 18.7 Å². The molecule has 3 heterocycles. The van der Waals surface area contributed by atoms with E-state index in [1.807, 2.05) is 0 Å². The molecule has 20 heavy (non-hydrogen) atoms. The molecule has 1 atom stereocenters. The van der Waals surface area contributed by atoms with Gasteiger partial charge in [0.15, 0.2) is 0 Å². The number of hydrogen-bond acceptors (Lipinski definition) is 7. The van der Waals surface area contributed by atoms with Crippen molar-refractivity contribution in [3.63, 3.8) is 0 Å². The molecule has 0 N–H and O–H groups in total. The van der Waals surface area contributed by atoms with E-state index in [2.05, 4.69) is 15.0 Å². The smallest absolute Gasteiger partial charge is 0.310 e. The Labute approximate surface area is 118 Å². The number of ether oxygens (including phenoxy) is 1. The highest BCUT2D eigenvalue weighted by Crippen LogP contribution is 2.19. The molecule has 8 heteroatoms. The highest BCUT2D eigenvalue weighted by Gasteiger charge is 2.29. The van der Waals surface area contributed by atoms with E-state index in [9.17, 15) is 9.59 Å². The number of hydrogen-bond donors (Lipinski definition) is 0. The minimum Gasteiger partial charge on any atom is -0.469 e. The molecule has 7 nitrogen and oxygen atoms in total. The Kier molecular flexibility index (Phi) is 3.49. The van der Waals surface area contributed by atoms with Gasteiger partial charge in [0.1, 0.15) is 5.51 Å². The molecular formula is C12H14N4O3S. The number of carbonyl (C=O) groups is 1. The van der Waals surface area contributed by atoms with Gasteiger partial charge in [-0.05, 0) is 13.0 Å². The van der Waals surface area contributed by atoms with Crippen molar-refractivity contribution < 1.29 is 9.53 Å². The van der Waals surface area contributed by atoms with E-state index in [0.29, 0.717) is 23.7 Å². The van der Waals surface area contributed by atoms with Crippen molar-refractivity contribution in [3.05, 3.63) is 27.6 Å². The Morgan fingerprint density at radius 2 is 2.45 bits per heavy atom. The first-order valence-corrected chi connectivity index (χ1v) is 7.18. The lowest BCUT2D eigenvalue weighted by Gasteiger charge is -2.14. The number of carbonyl (C=O) groups excluding carboxylic acids is 1. The van der Waals surface area contributed by atoms with Crippen LogP contribution in [0, 0.1) is 5.92 Å². The SMILES string of the molecule is COC(=O)C1CCN(Cc2cc(=O)n3ncsc3n2)C1. The van der Waals surface area contributed by atoms with Crippen LogP contribution in [0.3, 0.4) is 0 Å². The molecule has 0 radical (unpaired) electrons. The van der Waals surface area contributed by atoms with E-state index in [1.54, 1.807) is 5.51 Å². The Hall–Kier alpha value is -1.80. The van der Waals surface area contributed by atoms with Gasteiger partial charge in [-0.25, -0.2) is 4.98 Å². The summed E-state index contributed by atoms with van der Waals surface area (Å²) in [4.78, 5) is 30.4. The van der Waals surface area contributed by atoms with E-state index >= 15 is 0 Å². The van der Waals surface area contributed by atoms with Crippen LogP contribution in [-0.4, -0.2) is 45.7 Å². The first-order valence-electron chi connectivity index (χ1n) is 6.30. The van der Waals surface area contributed by atoms with Gasteiger partial charge in [-0.3, -0.25) is 14.5 Å². The number of esters is 1. The summed E-state index contributed by atoms with van der Waals surface area (Å²) in [5.74, 6) is -0.244. The van der Waals surface area contributed by atoms with Crippen LogP contribution >= 0.6 is 11.3 Å². The van der Waals surface area contributed by atoms with E-state index in [1.165, 1.54) is 29.0 Å². The van der Waals surface area contributed by atoms with Gasteiger partial charge in [0.2, 0.25) is 4.96 Å². The predicted octanol–water partition coefficient (Wildman–Crippen LogP) is 0.146. The largest absolute Gasteiger partial charge is 0.469 e. The first-order chi connectivity index (χ1) is 9.67. The molecule has 0 aromatic carbocycles. The van der Waals surface area contributed by atoms with Gasteiger partial charge >= 0.3 is 5.97 Å². The fourth-order valence-electron chi connectivity index (χ4n) is 2.45. The van der Waals surface area contributed by atoms with E-state index in [4.69, 9.17) is 4.74 Å². The van der Waals surface area contributed by atoms with Crippen molar-refractivity contribution in [2.24, 2.45) is 5.92 Å². The van der Waals surface area contributed by atoms with Crippen molar-refractivity contribution in [3.8, 4) is 0 Å². The Morgan fingerprint density at radius 1 is 1.60 bits per heavy atom. The Balaban J connectivity index is 1.74. The zero-order valence-electron chi connectivity index (χ0n) is 11.0. The zero-order chi connectivity index (χ0) is 14.1. The van der Waals surface area contributed by atoms with Crippen molar-refractivity contribution in [2.45, 2.75) is 13.0 Å².